The SMILES string of the molecule is C[C@@H]1CNCCN1C(=O)CNCC1CC1. The Labute approximate surface area is 91.4 Å². The van der Waals surface area contributed by atoms with Gasteiger partial charge in [-0.25, -0.2) is 0 Å². The molecule has 86 valence electrons. The van der Waals surface area contributed by atoms with E-state index in [4.69, 9.17) is 0 Å². The van der Waals surface area contributed by atoms with Crippen molar-refractivity contribution in [3.8, 4) is 0 Å². The molecule has 0 aromatic carbocycles. The number of nitrogens with one attached hydrogen (secondary N) is 2. The molecule has 0 spiro atoms. The van der Waals surface area contributed by atoms with Crippen LogP contribution >= 0.6 is 0 Å². The fourth-order valence-electron chi connectivity index (χ4n) is 2.02. The Balaban J connectivity index is 1.68. The normalized spacial score (nSPS) is 26.7. The summed E-state index contributed by atoms with van der Waals surface area (Å²) in [4.78, 5) is 13.8. The van der Waals surface area contributed by atoms with Gasteiger partial charge in [-0.2, -0.15) is 0 Å². The van der Waals surface area contributed by atoms with Crippen molar-refractivity contribution < 1.29 is 4.79 Å². The summed E-state index contributed by atoms with van der Waals surface area (Å²) in [6.45, 7) is 6.34. The van der Waals surface area contributed by atoms with E-state index >= 15 is 0 Å². The number of piperazine rings is 1. The standard InChI is InChI=1S/C11H21N3O/c1-9-6-12-4-5-14(9)11(15)8-13-7-10-2-3-10/h9-10,12-13H,2-8H2,1H3/t9-/m1/s1. The van der Waals surface area contributed by atoms with Crippen LogP contribution in [0.15, 0.2) is 0 Å². The summed E-state index contributed by atoms with van der Waals surface area (Å²) in [6.07, 6.45) is 2.68. The minimum absolute atomic E-state index is 0.254. The van der Waals surface area contributed by atoms with Crippen molar-refractivity contribution in [3.05, 3.63) is 0 Å². The third-order valence-electron chi connectivity index (χ3n) is 3.23. The minimum atomic E-state index is 0.254. The summed E-state index contributed by atoms with van der Waals surface area (Å²) in [5.41, 5.74) is 0. The monoisotopic (exact) mass is 211 g/mol. The molecule has 1 saturated carbocycles. The fraction of sp³-hybridized carbons (Fsp3) is 0.909. The van der Waals surface area contributed by atoms with Gasteiger partial charge in [0.1, 0.15) is 0 Å². The van der Waals surface area contributed by atoms with Crippen LogP contribution in [-0.2, 0) is 4.79 Å². The van der Waals surface area contributed by atoms with Gasteiger partial charge in [0.15, 0.2) is 0 Å². The van der Waals surface area contributed by atoms with E-state index < -0.39 is 0 Å². The molecule has 1 amide bonds. The Kier molecular flexibility index (Phi) is 3.59. The molecule has 0 unspecified atom stereocenters. The number of amides is 1. The van der Waals surface area contributed by atoms with Crippen LogP contribution in [-0.4, -0.2) is 49.6 Å². The molecule has 0 radical (unpaired) electrons. The molecule has 2 fully saturated rings. The van der Waals surface area contributed by atoms with Crippen molar-refractivity contribution in [2.75, 3.05) is 32.7 Å². The Morgan fingerprint density at radius 1 is 1.53 bits per heavy atom. The lowest BCUT2D eigenvalue weighted by Gasteiger charge is -2.34. The van der Waals surface area contributed by atoms with E-state index in [1.165, 1.54) is 12.8 Å². The van der Waals surface area contributed by atoms with Gasteiger partial charge < -0.3 is 15.5 Å². The van der Waals surface area contributed by atoms with E-state index in [0.717, 1.165) is 32.1 Å². The van der Waals surface area contributed by atoms with E-state index in [-0.39, 0.29) is 5.91 Å². The predicted octanol–water partition coefficient (Wildman–Crippen LogP) is -0.194. The maximum Gasteiger partial charge on any atom is 0.236 e. The number of nitrogens with zero attached hydrogens (tertiary/aromatic N) is 1. The first-order valence-corrected chi connectivity index (χ1v) is 5.98. The maximum atomic E-state index is 11.8. The molecule has 0 aromatic heterocycles. The Morgan fingerprint density at radius 2 is 2.33 bits per heavy atom. The van der Waals surface area contributed by atoms with Crippen molar-refractivity contribution in [2.24, 2.45) is 5.92 Å². The molecule has 0 bridgehead atoms. The van der Waals surface area contributed by atoms with Gasteiger partial charge in [0.25, 0.3) is 0 Å². The molecule has 0 aromatic rings. The quantitative estimate of drug-likeness (QED) is 0.677. The smallest absolute Gasteiger partial charge is 0.236 e. The minimum Gasteiger partial charge on any atom is -0.336 e. The number of hydrogen-bond donors (Lipinski definition) is 2. The number of carbonyl (C=O) groups is 1. The highest BCUT2D eigenvalue weighted by Gasteiger charge is 2.24. The number of hydrogen-bond acceptors (Lipinski definition) is 3. The van der Waals surface area contributed by atoms with Crippen molar-refractivity contribution >= 4 is 5.91 Å². The third kappa shape index (κ3) is 3.18. The van der Waals surface area contributed by atoms with Crippen LogP contribution in [0.3, 0.4) is 0 Å². The predicted molar refractivity (Wildman–Crippen MR) is 59.6 cm³/mol. The molecule has 1 heterocycles. The zero-order valence-electron chi connectivity index (χ0n) is 9.46. The molecule has 2 aliphatic rings. The van der Waals surface area contributed by atoms with Gasteiger partial charge in [-0.3, -0.25) is 4.79 Å². The van der Waals surface area contributed by atoms with Gasteiger partial charge in [-0.1, -0.05) is 0 Å². The maximum absolute atomic E-state index is 11.8. The second kappa shape index (κ2) is 4.94. The van der Waals surface area contributed by atoms with Crippen molar-refractivity contribution in [1.29, 1.82) is 0 Å². The van der Waals surface area contributed by atoms with Crippen LogP contribution in [0.2, 0.25) is 0 Å². The van der Waals surface area contributed by atoms with Gasteiger partial charge in [0.2, 0.25) is 5.91 Å². The van der Waals surface area contributed by atoms with Crippen LogP contribution in [0, 0.1) is 5.92 Å². The highest BCUT2D eigenvalue weighted by Crippen LogP contribution is 2.27. The summed E-state index contributed by atoms with van der Waals surface area (Å²) in [5.74, 6) is 1.10. The number of rotatable bonds is 4. The number of carbonyl (C=O) groups excluding carboxylic acids is 1. The van der Waals surface area contributed by atoms with Gasteiger partial charge in [-0.15, -0.1) is 0 Å². The Morgan fingerprint density at radius 3 is 3.00 bits per heavy atom. The third-order valence-corrected chi connectivity index (χ3v) is 3.23. The Bertz CT molecular complexity index is 228. The lowest BCUT2D eigenvalue weighted by molar-refractivity contribution is -0.132. The first-order valence-electron chi connectivity index (χ1n) is 5.98. The van der Waals surface area contributed by atoms with Crippen molar-refractivity contribution in [1.82, 2.24) is 15.5 Å². The average molecular weight is 211 g/mol. The van der Waals surface area contributed by atoms with Crippen LogP contribution in [0.5, 0.6) is 0 Å². The van der Waals surface area contributed by atoms with E-state index in [9.17, 15) is 4.79 Å². The summed E-state index contributed by atoms with van der Waals surface area (Å²) < 4.78 is 0. The first kappa shape index (κ1) is 10.9. The largest absolute Gasteiger partial charge is 0.336 e. The topological polar surface area (TPSA) is 44.4 Å². The second-order valence-corrected chi connectivity index (χ2v) is 4.71. The molecule has 4 nitrogen and oxygen atoms in total. The molecule has 1 atom stereocenters. The molecule has 1 aliphatic carbocycles. The average Bonchev–Trinajstić information content (AvgIpc) is 3.02. The van der Waals surface area contributed by atoms with Gasteiger partial charge >= 0.3 is 0 Å². The van der Waals surface area contributed by atoms with Crippen LogP contribution in [0.25, 0.3) is 0 Å². The van der Waals surface area contributed by atoms with Crippen molar-refractivity contribution in [3.63, 3.8) is 0 Å². The molecular formula is C11H21N3O. The van der Waals surface area contributed by atoms with E-state index in [0.29, 0.717) is 12.6 Å². The van der Waals surface area contributed by atoms with Crippen LogP contribution in [0.4, 0.5) is 0 Å². The van der Waals surface area contributed by atoms with Gasteiger partial charge in [0, 0.05) is 25.7 Å². The highest BCUT2D eigenvalue weighted by molar-refractivity contribution is 5.78. The molecule has 1 saturated heterocycles. The second-order valence-electron chi connectivity index (χ2n) is 4.71. The zero-order valence-corrected chi connectivity index (χ0v) is 9.46. The van der Waals surface area contributed by atoms with E-state index in [2.05, 4.69) is 17.6 Å². The molecule has 2 rings (SSSR count). The summed E-state index contributed by atoms with van der Waals surface area (Å²) in [6, 6.07) is 0.342. The first-order chi connectivity index (χ1) is 7.27. The van der Waals surface area contributed by atoms with E-state index in [1.807, 2.05) is 4.90 Å². The summed E-state index contributed by atoms with van der Waals surface area (Å²) in [5, 5.41) is 6.54. The summed E-state index contributed by atoms with van der Waals surface area (Å²) in [7, 11) is 0. The summed E-state index contributed by atoms with van der Waals surface area (Å²) >= 11 is 0. The lowest BCUT2D eigenvalue weighted by atomic mass is 10.2. The molecular weight excluding hydrogens is 190 g/mol. The van der Waals surface area contributed by atoms with Crippen LogP contribution in [0.1, 0.15) is 19.8 Å². The molecule has 4 heteroatoms. The Hall–Kier alpha value is -0.610. The molecule has 15 heavy (non-hydrogen) atoms. The van der Waals surface area contributed by atoms with Crippen LogP contribution < -0.4 is 10.6 Å². The molecule has 2 N–H and O–H groups in total. The van der Waals surface area contributed by atoms with Gasteiger partial charge in [0.05, 0.1) is 6.54 Å². The fourth-order valence-corrected chi connectivity index (χ4v) is 2.02. The highest BCUT2D eigenvalue weighted by atomic mass is 16.2. The van der Waals surface area contributed by atoms with Crippen molar-refractivity contribution in [2.45, 2.75) is 25.8 Å². The van der Waals surface area contributed by atoms with Gasteiger partial charge in [-0.05, 0) is 32.2 Å². The molecule has 1 aliphatic heterocycles. The zero-order chi connectivity index (χ0) is 10.7. The van der Waals surface area contributed by atoms with E-state index in [1.54, 1.807) is 0 Å². The lowest BCUT2D eigenvalue weighted by Crippen LogP contribution is -2.54.